The summed E-state index contributed by atoms with van der Waals surface area (Å²) < 4.78 is 12.1. The molecule has 0 heterocycles. The lowest BCUT2D eigenvalue weighted by molar-refractivity contribution is 0.0155. The molecule has 0 aliphatic heterocycles. The fourth-order valence-corrected chi connectivity index (χ4v) is 3.39. The highest BCUT2D eigenvalue weighted by molar-refractivity contribution is 7.26. The first-order valence-corrected chi connectivity index (χ1v) is 8.00. The van der Waals surface area contributed by atoms with Crippen LogP contribution in [-0.2, 0) is 9.05 Å². The maximum Gasteiger partial charge on any atom is 0.156 e. The zero-order chi connectivity index (χ0) is 13.4. The minimum atomic E-state index is 0.0272. The molecule has 0 aliphatic rings. The van der Waals surface area contributed by atoms with E-state index in [2.05, 4.69) is 41.5 Å². The molecule has 17 heavy (non-hydrogen) atoms. The molecule has 3 heteroatoms. The van der Waals surface area contributed by atoms with Crippen molar-refractivity contribution in [2.24, 2.45) is 0 Å². The van der Waals surface area contributed by atoms with E-state index in [1.807, 2.05) is 0 Å². The molecular weight excluding hydrogens is 231 g/mol. The Morgan fingerprint density at radius 1 is 0.588 bits per heavy atom. The molecule has 0 saturated carbocycles. The van der Waals surface area contributed by atoms with Gasteiger partial charge < -0.3 is 9.05 Å². The Labute approximate surface area is 110 Å². The Bertz CT molecular complexity index is 150. The molecule has 0 aromatic heterocycles. The minimum absolute atomic E-state index is 0.0272. The Kier molecular flexibility index (Phi) is 8.63. The fraction of sp³-hybridized carbons (Fsp3) is 1.00. The highest BCUT2D eigenvalue weighted by atomic mass is 31.1. The van der Waals surface area contributed by atoms with Gasteiger partial charge in [-0.2, -0.15) is 0 Å². The van der Waals surface area contributed by atoms with Gasteiger partial charge in [0.2, 0.25) is 0 Å². The number of rotatable bonds is 10. The normalized spacial score (nSPS) is 13.1. The average molecular weight is 262 g/mol. The molecule has 0 spiro atoms. The van der Waals surface area contributed by atoms with Crippen molar-refractivity contribution >= 4 is 9.03 Å². The van der Waals surface area contributed by atoms with Crippen molar-refractivity contribution in [1.29, 1.82) is 0 Å². The summed E-state index contributed by atoms with van der Waals surface area (Å²) in [4.78, 5) is 0. The molecule has 2 nitrogen and oxygen atoms in total. The quantitative estimate of drug-likeness (QED) is 0.486. The molecule has 0 amide bonds. The zero-order valence-electron chi connectivity index (χ0n) is 12.6. The monoisotopic (exact) mass is 262 g/mol. The number of hydrogen-bond acceptors (Lipinski definition) is 2. The predicted octanol–water partition coefficient (Wildman–Crippen LogP) is 5.47. The summed E-state index contributed by atoms with van der Waals surface area (Å²) >= 11 is 0. The van der Waals surface area contributed by atoms with Crippen LogP contribution in [0.2, 0.25) is 0 Å². The van der Waals surface area contributed by atoms with Crippen LogP contribution < -0.4 is 0 Å². The molecule has 0 radical (unpaired) electrons. The Hall–Kier alpha value is 0.350. The van der Waals surface area contributed by atoms with Crippen LogP contribution >= 0.6 is 9.03 Å². The van der Waals surface area contributed by atoms with E-state index >= 15 is 0 Å². The third-order valence-corrected chi connectivity index (χ3v) is 5.42. The van der Waals surface area contributed by atoms with Crippen LogP contribution in [0, 0.1) is 0 Å². The minimum Gasteiger partial charge on any atom is -0.330 e. The Balaban J connectivity index is 4.28. The molecule has 0 rings (SSSR count). The van der Waals surface area contributed by atoms with Crippen molar-refractivity contribution in [3.8, 4) is 0 Å². The summed E-state index contributed by atoms with van der Waals surface area (Å²) in [6.07, 6.45) is 6.38. The van der Waals surface area contributed by atoms with Crippen LogP contribution in [0.25, 0.3) is 0 Å². The Morgan fingerprint density at radius 3 is 1.00 bits per heavy atom. The van der Waals surface area contributed by atoms with Gasteiger partial charge >= 0.3 is 0 Å². The summed E-state index contributed by atoms with van der Waals surface area (Å²) in [6, 6.07) is 0. The summed E-state index contributed by atoms with van der Waals surface area (Å²) in [5.74, 6) is 0. The molecule has 0 atom stereocenters. The van der Waals surface area contributed by atoms with E-state index in [1.54, 1.807) is 0 Å². The van der Waals surface area contributed by atoms with Gasteiger partial charge in [-0.3, -0.25) is 0 Å². The first-order valence-electron chi connectivity index (χ1n) is 7.18. The molecule has 0 unspecified atom stereocenters. The largest absolute Gasteiger partial charge is 0.330 e. The molecular formula is C14H31O2P. The molecule has 0 N–H and O–H groups in total. The average Bonchev–Trinajstić information content (AvgIpc) is 2.41. The first-order chi connectivity index (χ1) is 8.07. The van der Waals surface area contributed by atoms with E-state index in [4.69, 9.17) is 9.05 Å². The highest BCUT2D eigenvalue weighted by Crippen LogP contribution is 2.38. The van der Waals surface area contributed by atoms with Crippen molar-refractivity contribution in [3.63, 3.8) is 0 Å². The van der Waals surface area contributed by atoms with Crippen LogP contribution in [0.1, 0.15) is 80.1 Å². The molecule has 0 aromatic rings. The number of hydrogen-bond donors (Lipinski definition) is 0. The van der Waals surface area contributed by atoms with Crippen LogP contribution in [-0.4, -0.2) is 11.2 Å². The summed E-state index contributed by atoms with van der Waals surface area (Å²) in [5.41, 5.74) is 0.0544. The second-order valence-corrected chi connectivity index (χ2v) is 5.35. The maximum atomic E-state index is 6.04. The molecule has 0 bridgehead atoms. The van der Waals surface area contributed by atoms with Gasteiger partial charge in [0.25, 0.3) is 0 Å². The first kappa shape index (κ1) is 17.4. The van der Waals surface area contributed by atoms with Crippen molar-refractivity contribution < 1.29 is 9.05 Å². The topological polar surface area (TPSA) is 18.5 Å². The van der Waals surface area contributed by atoms with E-state index in [0.717, 1.165) is 38.5 Å². The lowest BCUT2D eigenvalue weighted by atomic mass is 9.95. The van der Waals surface area contributed by atoms with Crippen molar-refractivity contribution in [3.05, 3.63) is 0 Å². The van der Waals surface area contributed by atoms with Crippen molar-refractivity contribution in [2.75, 3.05) is 0 Å². The molecule has 0 aliphatic carbocycles. The van der Waals surface area contributed by atoms with Crippen molar-refractivity contribution in [1.82, 2.24) is 0 Å². The summed E-state index contributed by atoms with van der Waals surface area (Å²) in [7, 11) is 0.176. The molecule has 0 saturated heterocycles. The lowest BCUT2D eigenvalue weighted by Crippen LogP contribution is -2.30. The molecule has 0 aromatic carbocycles. The second kappa shape index (κ2) is 8.45. The third-order valence-electron chi connectivity index (χ3n) is 4.38. The third kappa shape index (κ3) is 4.85. The van der Waals surface area contributed by atoms with Crippen LogP contribution in [0.4, 0.5) is 0 Å². The Morgan fingerprint density at radius 2 is 0.824 bits per heavy atom. The lowest BCUT2D eigenvalue weighted by Gasteiger charge is -2.34. The van der Waals surface area contributed by atoms with Crippen LogP contribution in [0.15, 0.2) is 0 Å². The fourth-order valence-electron chi connectivity index (χ4n) is 2.13. The van der Waals surface area contributed by atoms with Gasteiger partial charge in [-0.25, -0.2) is 0 Å². The van der Waals surface area contributed by atoms with Crippen molar-refractivity contribution in [2.45, 2.75) is 91.3 Å². The van der Waals surface area contributed by atoms with Gasteiger partial charge in [-0.15, -0.1) is 0 Å². The second-order valence-electron chi connectivity index (χ2n) is 4.77. The van der Waals surface area contributed by atoms with Gasteiger partial charge in [0, 0.05) is 0 Å². The van der Waals surface area contributed by atoms with Gasteiger partial charge in [0.15, 0.2) is 9.03 Å². The van der Waals surface area contributed by atoms with E-state index in [-0.39, 0.29) is 20.2 Å². The smallest absolute Gasteiger partial charge is 0.156 e. The van der Waals surface area contributed by atoms with E-state index in [9.17, 15) is 0 Å². The van der Waals surface area contributed by atoms with Gasteiger partial charge in [0.1, 0.15) is 0 Å². The van der Waals surface area contributed by atoms with E-state index < -0.39 is 0 Å². The van der Waals surface area contributed by atoms with Crippen LogP contribution in [0.3, 0.4) is 0 Å². The zero-order valence-corrected chi connectivity index (χ0v) is 13.6. The van der Waals surface area contributed by atoms with E-state index in [1.165, 1.54) is 0 Å². The summed E-state index contributed by atoms with van der Waals surface area (Å²) in [6.45, 7) is 13.2. The van der Waals surface area contributed by atoms with Gasteiger partial charge in [-0.1, -0.05) is 41.5 Å². The van der Waals surface area contributed by atoms with Gasteiger partial charge in [0.05, 0.1) is 11.2 Å². The van der Waals surface area contributed by atoms with Crippen LogP contribution in [0.5, 0.6) is 0 Å². The highest BCUT2D eigenvalue weighted by Gasteiger charge is 2.29. The predicted molar refractivity (Wildman–Crippen MR) is 77.7 cm³/mol. The van der Waals surface area contributed by atoms with E-state index in [0.29, 0.717) is 0 Å². The standard InChI is InChI=1S/C14H31O2P/c1-7-13(8-2,9-3)15-17-16-14(10-4,11-5)12-6/h17H,7-12H2,1-6H3. The molecule has 0 fully saturated rings. The maximum absolute atomic E-state index is 6.04. The summed E-state index contributed by atoms with van der Waals surface area (Å²) in [5, 5.41) is 0. The molecule has 104 valence electrons. The van der Waals surface area contributed by atoms with Gasteiger partial charge in [-0.05, 0) is 38.5 Å². The SMILES string of the molecule is CCC(CC)(CC)OPOC(CC)(CC)CC.